The topological polar surface area (TPSA) is 56.1 Å². The summed E-state index contributed by atoms with van der Waals surface area (Å²) in [6, 6.07) is 7.55. The maximum Gasteiger partial charge on any atom is 0.258 e. The van der Waals surface area contributed by atoms with Crippen molar-refractivity contribution in [3.63, 3.8) is 0 Å². The van der Waals surface area contributed by atoms with Gasteiger partial charge in [0.2, 0.25) is 0 Å². The van der Waals surface area contributed by atoms with Crippen molar-refractivity contribution in [2.24, 2.45) is 7.05 Å². The van der Waals surface area contributed by atoms with Crippen LogP contribution in [-0.2, 0) is 11.8 Å². The zero-order valence-corrected chi connectivity index (χ0v) is 11.4. The molecule has 0 saturated heterocycles. The number of aryl methyl sites for hydroxylation is 1. The summed E-state index contributed by atoms with van der Waals surface area (Å²) in [5.74, 6) is 0.493. The fourth-order valence-corrected chi connectivity index (χ4v) is 1.70. The third-order valence-corrected chi connectivity index (χ3v) is 2.71. The minimum Gasteiger partial charge on any atom is -0.484 e. The monoisotopic (exact) mass is 271 g/mol. The van der Waals surface area contributed by atoms with Crippen LogP contribution in [0.3, 0.4) is 0 Å². The van der Waals surface area contributed by atoms with Gasteiger partial charge in [0.25, 0.3) is 5.91 Å². The second-order valence-electron chi connectivity index (χ2n) is 4.31. The van der Waals surface area contributed by atoms with Crippen LogP contribution >= 0.6 is 0 Å². The molecule has 1 aromatic heterocycles. The van der Waals surface area contributed by atoms with E-state index in [0.717, 1.165) is 11.1 Å². The van der Waals surface area contributed by atoms with E-state index >= 15 is 0 Å². The molecule has 1 amide bonds. The van der Waals surface area contributed by atoms with E-state index in [1.165, 1.54) is 0 Å². The van der Waals surface area contributed by atoms with Crippen molar-refractivity contribution in [1.29, 1.82) is 0 Å². The van der Waals surface area contributed by atoms with Gasteiger partial charge in [-0.1, -0.05) is 18.2 Å². The van der Waals surface area contributed by atoms with Gasteiger partial charge in [0, 0.05) is 25.4 Å². The Balaban J connectivity index is 1.91. The summed E-state index contributed by atoms with van der Waals surface area (Å²) in [5.41, 5.74) is 2.10. The Morgan fingerprint density at radius 2 is 2.15 bits per heavy atom. The van der Waals surface area contributed by atoms with Crippen LogP contribution in [0.25, 0.3) is 11.1 Å². The molecule has 0 aliphatic rings. The van der Waals surface area contributed by atoms with Crippen LogP contribution in [0, 0.1) is 0 Å². The summed E-state index contributed by atoms with van der Waals surface area (Å²) >= 11 is 0. The number of hydrogen-bond donors (Lipinski definition) is 1. The predicted molar refractivity (Wildman–Crippen MR) is 77.3 cm³/mol. The van der Waals surface area contributed by atoms with Gasteiger partial charge >= 0.3 is 0 Å². The Kier molecular flexibility index (Phi) is 4.55. The summed E-state index contributed by atoms with van der Waals surface area (Å²) < 4.78 is 7.15. The molecule has 0 aliphatic carbocycles. The van der Waals surface area contributed by atoms with Crippen molar-refractivity contribution >= 4 is 5.91 Å². The van der Waals surface area contributed by atoms with E-state index in [9.17, 15) is 4.79 Å². The highest BCUT2D eigenvalue weighted by atomic mass is 16.5. The van der Waals surface area contributed by atoms with E-state index in [1.54, 1.807) is 17.0 Å². The zero-order chi connectivity index (χ0) is 14.4. The third-order valence-electron chi connectivity index (χ3n) is 2.71. The highest BCUT2D eigenvalue weighted by molar-refractivity contribution is 5.77. The molecule has 0 saturated carbocycles. The first-order chi connectivity index (χ1) is 9.69. The van der Waals surface area contributed by atoms with Crippen LogP contribution < -0.4 is 10.1 Å². The minimum absolute atomic E-state index is 0.0000786. The number of ether oxygens (including phenoxy) is 1. The van der Waals surface area contributed by atoms with Crippen molar-refractivity contribution < 1.29 is 9.53 Å². The van der Waals surface area contributed by atoms with Gasteiger partial charge in [0.15, 0.2) is 6.61 Å². The first-order valence-corrected chi connectivity index (χ1v) is 6.28. The highest BCUT2D eigenvalue weighted by Crippen LogP contribution is 2.21. The van der Waals surface area contributed by atoms with Crippen LogP contribution in [0.2, 0.25) is 0 Å². The quantitative estimate of drug-likeness (QED) is 0.815. The Morgan fingerprint density at radius 3 is 2.75 bits per heavy atom. The molecule has 0 aliphatic heterocycles. The molecule has 2 aromatic rings. The van der Waals surface area contributed by atoms with Crippen LogP contribution in [-0.4, -0.2) is 28.8 Å². The first-order valence-electron chi connectivity index (χ1n) is 6.28. The van der Waals surface area contributed by atoms with Crippen molar-refractivity contribution in [3.8, 4) is 16.9 Å². The van der Waals surface area contributed by atoms with Crippen LogP contribution in [0.4, 0.5) is 0 Å². The van der Waals surface area contributed by atoms with Gasteiger partial charge in [0.05, 0.1) is 6.20 Å². The molecule has 0 spiro atoms. The molecule has 0 fully saturated rings. The molecule has 5 heteroatoms. The lowest BCUT2D eigenvalue weighted by Gasteiger charge is -2.06. The second-order valence-corrected chi connectivity index (χ2v) is 4.31. The maximum absolute atomic E-state index is 11.4. The molecule has 0 bridgehead atoms. The molecular weight excluding hydrogens is 254 g/mol. The highest BCUT2D eigenvalue weighted by Gasteiger charge is 2.03. The van der Waals surface area contributed by atoms with E-state index in [0.29, 0.717) is 12.3 Å². The third kappa shape index (κ3) is 3.71. The summed E-state index contributed by atoms with van der Waals surface area (Å²) in [4.78, 5) is 11.4. The minimum atomic E-state index is -0.166. The van der Waals surface area contributed by atoms with Crippen molar-refractivity contribution in [2.45, 2.75) is 0 Å². The van der Waals surface area contributed by atoms with Crippen molar-refractivity contribution in [2.75, 3.05) is 13.2 Å². The molecule has 1 aromatic carbocycles. The molecule has 20 heavy (non-hydrogen) atoms. The fraction of sp³-hybridized carbons (Fsp3) is 0.200. The number of nitrogens with zero attached hydrogens (tertiary/aromatic N) is 2. The van der Waals surface area contributed by atoms with Gasteiger partial charge in [-0.3, -0.25) is 9.48 Å². The van der Waals surface area contributed by atoms with E-state index < -0.39 is 0 Å². The van der Waals surface area contributed by atoms with Crippen LogP contribution in [0.1, 0.15) is 0 Å². The molecular formula is C15H17N3O2. The smallest absolute Gasteiger partial charge is 0.258 e. The van der Waals surface area contributed by atoms with E-state index in [-0.39, 0.29) is 12.5 Å². The summed E-state index contributed by atoms with van der Waals surface area (Å²) in [5, 5.41) is 6.78. The lowest BCUT2D eigenvalue weighted by Crippen LogP contribution is -2.28. The number of rotatable bonds is 6. The SMILES string of the molecule is C=CCNC(=O)COc1ccc(-c2cnn(C)c2)cc1. The summed E-state index contributed by atoms with van der Waals surface area (Å²) in [6.45, 7) is 3.98. The predicted octanol–water partition coefficient (Wildman–Crippen LogP) is 1.77. The molecule has 0 radical (unpaired) electrons. The van der Waals surface area contributed by atoms with Crippen molar-refractivity contribution in [3.05, 3.63) is 49.3 Å². The van der Waals surface area contributed by atoms with E-state index in [4.69, 9.17) is 4.74 Å². The Hall–Kier alpha value is -2.56. The van der Waals surface area contributed by atoms with Gasteiger partial charge in [0.1, 0.15) is 5.75 Å². The number of nitrogens with one attached hydrogen (secondary N) is 1. The van der Waals surface area contributed by atoms with Gasteiger partial charge < -0.3 is 10.1 Å². The molecule has 0 unspecified atom stereocenters. The number of hydrogen-bond acceptors (Lipinski definition) is 3. The number of carbonyl (C=O) groups excluding carboxylic acids is 1. The van der Waals surface area contributed by atoms with Gasteiger partial charge in [-0.2, -0.15) is 5.10 Å². The van der Waals surface area contributed by atoms with Gasteiger partial charge in [-0.15, -0.1) is 6.58 Å². The Labute approximate surface area is 117 Å². The van der Waals surface area contributed by atoms with Crippen LogP contribution in [0.5, 0.6) is 5.75 Å². The molecule has 1 heterocycles. The summed E-state index contributed by atoms with van der Waals surface area (Å²) in [6.07, 6.45) is 5.37. The van der Waals surface area contributed by atoms with E-state index in [1.807, 2.05) is 37.5 Å². The van der Waals surface area contributed by atoms with Gasteiger partial charge in [-0.05, 0) is 17.7 Å². The summed E-state index contributed by atoms with van der Waals surface area (Å²) in [7, 11) is 1.88. The van der Waals surface area contributed by atoms with Crippen molar-refractivity contribution in [1.82, 2.24) is 15.1 Å². The maximum atomic E-state index is 11.4. The lowest BCUT2D eigenvalue weighted by molar-refractivity contribution is -0.122. The Morgan fingerprint density at radius 1 is 1.40 bits per heavy atom. The average Bonchev–Trinajstić information content (AvgIpc) is 2.90. The molecule has 2 rings (SSSR count). The average molecular weight is 271 g/mol. The normalized spacial score (nSPS) is 10.1. The lowest BCUT2D eigenvalue weighted by atomic mass is 10.1. The number of aromatic nitrogens is 2. The Bertz CT molecular complexity index is 587. The molecule has 104 valence electrons. The second kappa shape index (κ2) is 6.56. The standard InChI is InChI=1S/C15H17N3O2/c1-3-8-16-15(19)11-20-14-6-4-12(5-7-14)13-9-17-18(2)10-13/h3-7,9-10H,1,8,11H2,2H3,(H,16,19). The number of benzene rings is 1. The zero-order valence-electron chi connectivity index (χ0n) is 11.4. The van der Waals surface area contributed by atoms with Crippen LogP contribution in [0.15, 0.2) is 49.3 Å². The first kappa shape index (κ1) is 13.9. The number of amides is 1. The molecule has 1 N–H and O–H groups in total. The fourth-order valence-electron chi connectivity index (χ4n) is 1.70. The largest absolute Gasteiger partial charge is 0.484 e. The number of carbonyl (C=O) groups is 1. The van der Waals surface area contributed by atoms with E-state index in [2.05, 4.69) is 17.0 Å². The van der Waals surface area contributed by atoms with Gasteiger partial charge in [-0.25, -0.2) is 0 Å². The molecule has 5 nitrogen and oxygen atoms in total. The molecule has 0 atom stereocenters.